The fourth-order valence-corrected chi connectivity index (χ4v) is 1.37. The number of hydrogen-bond donors (Lipinski definition) is 2. The zero-order chi connectivity index (χ0) is 13.4. The summed E-state index contributed by atoms with van der Waals surface area (Å²) in [6.07, 6.45) is 0.650. The third kappa shape index (κ3) is 4.07. The lowest BCUT2D eigenvalue weighted by Crippen LogP contribution is -2.39. The zero-order valence-electron chi connectivity index (χ0n) is 10.2. The number of nitrogens with one attached hydrogen (secondary N) is 1. The highest BCUT2D eigenvalue weighted by atomic mass is 16.5. The molecular formula is C13H16N2O3. The van der Waals surface area contributed by atoms with Crippen LogP contribution in [0.25, 0.3) is 0 Å². The first-order chi connectivity index (χ1) is 8.71. The van der Waals surface area contributed by atoms with E-state index < -0.39 is 0 Å². The molecule has 0 aliphatic rings. The number of nitrogens with zero attached hydrogens (tertiary/aromatic N) is 1. The molecule has 0 radical (unpaired) electrons. The highest BCUT2D eigenvalue weighted by Crippen LogP contribution is 2.16. The highest BCUT2D eigenvalue weighted by Gasteiger charge is 2.10. The minimum atomic E-state index is -0.316. The number of aliphatic hydroxyl groups is 1. The number of amides is 1. The summed E-state index contributed by atoms with van der Waals surface area (Å²) in [6, 6.07) is 8.44. The van der Waals surface area contributed by atoms with Crippen LogP contribution in [0, 0.1) is 11.3 Å². The second kappa shape index (κ2) is 7.30. The molecule has 1 aromatic rings. The van der Waals surface area contributed by atoms with E-state index in [9.17, 15) is 4.79 Å². The lowest BCUT2D eigenvalue weighted by atomic mass is 10.2. The van der Waals surface area contributed by atoms with Crippen LogP contribution in [0.5, 0.6) is 5.75 Å². The molecular weight excluding hydrogens is 232 g/mol. The van der Waals surface area contributed by atoms with Gasteiger partial charge in [0.25, 0.3) is 5.91 Å². The molecule has 1 amide bonds. The van der Waals surface area contributed by atoms with Gasteiger partial charge in [0.15, 0.2) is 6.61 Å². The van der Waals surface area contributed by atoms with Gasteiger partial charge in [-0.15, -0.1) is 0 Å². The van der Waals surface area contributed by atoms with Gasteiger partial charge < -0.3 is 15.2 Å². The van der Waals surface area contributed by atoms with Crippen molar-refractivity contribution in [2.75, 3.05) is 13.2 Å². The lowest BCUT2D eigenvalue weighted by molar-refractivity contribution is -0.124. The standard InChI is InChI=1S/C13H16N2O3/c1-2-11(8-16)15-13(17)9-18-12-6-4-3-5-10(12)7-14/h3-6,11,16H,2,8-9H2,1H3,(H,15,17)/t11-/m0/s1. The fraction of sp³-hybridized carbons (Fsp3) is 0.385. The highest BCUT2D eigenvalue weighted by molar-refractivity contribution is 5.77. The maximum atomic E-state index is 11.5. The maximum absolute atomic E-state index is 11.5. The minimum absolute atomic E-state index is 0.100. The normalized spacial score (nSPS) is 11.4. The number of nitriles is 1. The average molecular weight is 248 g/mol. The van der Waals surface area contributed by atoms with Crippen molar-refractivity contribution >= 4 is 5.91 Å². The Labute approximate surface area is 106 Å². The van der Waals surface area contributed by atoms with Crippen molar-refractivity contribution in [3.63, 3.8) is 0 Å². The molecule has 5 heteroatoms. The van der Waals surface area contributed by atoms with Crippen LogP contribution in [0.4, 0.5) is 0 Å². The predicted octanol–water partition coefficient (Wildman–Crippen LogP) is 0.824. The van der Waals surface area contributed by atoms with Gasteiger partial charge in [-0.1, -0.05) is 19.1 Å². The average Bonchev–Trinajstić information content (AvgIpc) is 2.42. The summed E-state index contributed by atoms with van der Waals surface area (Å²) in [7, 11) is 0. The smallest absolute Gasteiger partial charge is 0.258 e. The first-order valence-electron chi connectivity index (χ1n) is 5.73. The van der Waals surface area contributed by atoms with Crippen molar-refractivity contribution in [3.05, 3.63) is 29.8 Å². The van der Waals surface area contributed by atoms with Crippen LogP contribution >= 0.6 is 0 Å². The molecule has 1 aromatic carbocycles. The quantitative estimate of drug-likeness (QED) is 0.781. The van der Waals surface area contributed by atoms with Gasteiger partial charge in [-0.3, -0.25) is 4.79 Å². The Hall–Kier alpha value is -2.06. The minimum Gasteiger partial charge on any atom is -0.482 e. The number of hydrogen-bond acceptors (Lipinski definition) is 4. The molecule has 0 aromatic heterocycles. The molecule has 96 valence electrons. The Morgan fingerprint density at radius 1 is 1.56 bits per heavy atom. The second-order valence-corrected chi connectivity index (χ2v) is 3.75. The number of ether oxygens (including phenoxy) is 1. The number of rotatable bonds is 6. The Balaban J connectivity index is 2.50. The summed E-state index contributed by atoms with van der Waals surface area (Å²) in [4.78, 5) is 11.5. The molecule has 0 unspecified atom stereocenters. The van der Waals surface area contributed by atoms with E-state index in [1.165, 1.54) is 0 Å². The maximum Gasteiger partial charge on any atom is 0.258 e. The Morgan fingerprint density at radius 2 is 2.28 bits per heavy atom. The second-order valence-electron chi connectivity index (χ2n) is 3.75. The number of aliphatic hydroxyl groups excluding tert-OH is 1. The molecule has 5 nitrogen and oxygen atoms in total. The molecule has 1 rings (SSSR count). The molecule has 0 aliphatic carbocycles. The molecule has 0 saturated carbocycles. The van der Waals surface area contributed by atoms with Gasteiger partial charge >= 0.3 is 0 Å². The van der Waals surface area contributed by atoms with Gasteiger partial charge in [-0.2, -0.15) is 5.26 Å². The van der Waals surface area contributed by atoms with E-state index in [4.69, 9.17) is 15.1 Å². The number of carbonyl (C=O) groups is 1. The molecule has 1 atom stereocenters. The van der Waals surface area contributed by atoms with Crippen LogP contribution in [0.1, 0.15) is 18.9 Å². The zero-order valence-corrected chi connectivity index (χ0v) is 10.2. The van der Waals surface area contributed by atoms with E-state index in [1.54, 1.807) is 24.3 Å². The van der Waals surface area contributed by atoms with E-state index >= 15 is 0 Å². The van der Waals surface area contributed by atoms with E-state index in [-0.39, 0.29) is 25.2 Å². The summed E-state index contributed by atoms with van der Waals surface area (Å²) < 4.78 is 5.26. The summed E-state index contributed by atoms with van der Waals surface area (Å²) in [6.45, 7) is 1.60. The SMILES string of the molecule is CC[C@@H](CO)NC(=O)COc1ccccc1C#N. The van der Waals surface area contributed by atoms with Gasteiger partial charge in [-0.25, -0.2) is 0 Å². The lowest BCUT2D eigenvalue weighted by Gasteiger charge is -2.14. The molecule has 2 N–H and O–H groups in total. The summed E-state index contributed by atoms with van der Waals surface area (Å²) in [5, 5.41) is 20.4. The van der Waals surface area contributed by atoms with E-state index in [2.05, 4.69) is 5.32 Å². The van der Waals surface area contributed by atoms with Gasteiger partial charge in [0.1, 0.15) is 11.8 Å². The first kappa shape index (κ1) is 14.0. The van der Waals surface area contributed by atoms with Gasteiger partial charge in [0.05, 0.1) is 18.2 Å². The van der Waals surface area contributed by atoms with Crippen LogP contribution in [0.15, 0.2) is 24.3 Å². The first-order valence-corrected chi connectivity index (χ1v) is 5.73. The van der Waals surface area contributed by atoms with Crippen molar-refractivity contribution in [1.29, 1.82) is 5.26 Å². The molecule has 18 heavy (non-hydrogen) atoms. The summed E-state index contributed by atoms with van der Waals surface area (Å²) in [5.41, 5.74) is 0.388. The van der Waals surface area contributed by atoms with Crippen molar-refractivity contribution < 1.29 is 14.6 Å². The van der Waals surface area contributed by atoms with Gasteiger partial charge in [0.2, 0.25) is 0 Å². The third-order valence-corrected chi connectivity index (χ3v) is 2.44. The van der Waals surface area contributed by atoms with E-state index in [0.29, 0.717) is 17.7 Å². The molecule has 0 bridgehead atoms. The molecule has 0 fully saturated rings. The third-order valence-electron chi connectivity index (χ3n) is 2.44. The van der Waals surface area contributed by atoms with Crippen LogP contribution in [0.3, 0.4) is 0 Å². The number of carbonyl (C=O) groups excluding carboxylic acids is 1. The fourth-order valence-electron chi connectivity index (χ4n) is 1.37. The predicted molar refractivity (Wildman–Crippen MR) is 66.0 cm³/mol. The van der Waals surface area contributed by atoms with Gasteiger partial charge in [0, 0.05) is 0 Å². The Kier molecular flexibility index (Phi) is 5.68. The molecule has 0 aliphatic heterocycles. The summed E-state index contributed by atoms with van der Waals surface area (Å²) in [5.74, 6) is 0.0656. The van der Waals surface area contributed by atoms with Crippen molar-refractivity contribution in [1.82, 2.24) is 5.32 Å². The number of benzene rings is 1. The van der Waals surface area contributed by atoms with Crippen LogP contribution in [-0.2, 0) is 4.79 Å². The van der Waals surface area contributed by atoms with Crippen LogP contribution in [0.2, 0.25) is 0 Å². The molecule has 0 saturated heterocycles. The monoisotopic (exact) mass is 248 g/mol. The van der Waals surface area contributed by atoms with Crippen molar-refractivity contribution in [2.24, 2.45) is 0 Å². The van der Waals surface area contributed by atoms with Crippen molar-refractivity contribution in [2.45, 2.75) is 19.4 Å². The molecule has 0 spiro atoms. The Morgan fingerprint density at radius 3 is 2.89 bits per heavy atom. The van der Waals surface area contributed by atoms with E-state index in [0.717, 1.165) is 0 Å². The van der Waals surface area contributed by atoms with Crippen LogP contribution in [-0.4, -0.2) is 30.3 Å². The van der Waals surface area contributed by atoms with E-state index in [1.807, 2.05) is 13.0 Å². The van der Waals surface area contributed by atoms with Gasteiger partial charge in [-0.05, 0) is 18.6 Å². The topological polar surface area (TPSA) is 82.3 Å². The summed E-state index contributed by atoms with van der Waals surface area (Å²) >= 11 is 0. The Bertz CT molecular complexity index is 436. The largest absolute Gasteiger partial charge is 0.482 e. The van der Waals surface area contributed by atoms with Crippen molar-refractivity contribution in [3.8, 4) is 11.8 Å². The molecule has 0 heterocycles. The van der Waals surface area contributed by atoms with Crippen LogP contribution < -0.4 is 10.1 Å². The number of para-hydroxylation sites is 1.